The lowest BCUT2D eigenvalue weighted by Gasteiger charge is -1.99. The van der Waals surface area contributed by atoms with Gasteiger partial charge in [0.05, 0.1) is 0 Å². The molecule has 0 aliphatic heterocycles. The van der Waals surface area contributed by atoms with Gasteiger partial charge in [-0.25, -0.2) is 0 Å². The highest BCUT2D eigenvalue weighted by molar-refractivity contribution is 6.02. The highest BCUT2D eigenvalue weighted by Crippen LogP contribution is 2.10. The third kappa shape index (κ3) is 7.72. The fraction of sp³-hybridized carbons (Fsp3) is 0.294. The Balaban J connectivity index is 2.57. The number of benzene rings is 1. The van der Waals surface area contributed by atoms with Crippen LogP contribution in [0.1, 0.15) is 43.7 Å². The maximum atomic E-state index is 11.4. The van der Waals surface area contributed by atoms with Crippen LogP contribution in [0, 0.1) is 5.41 Å². The highest BCUT2D eigenvalue weighted by Gasteiger charge is 1.96. The standard InChI is InChI=1S/C17H23N3O/c1-2-3-4-5-6-8-14-9-7-10-15(13-14)11-12-16(21)20-17(18)19/h6-13H,2-5H2,1H3,(H4,18,19,20,21)/b8-6+,12-11?. The van der Waals surface area contributed by atoms with Crippen molar-refractivity contribution < 1.29 is 4.79 Å². The number of guanidine groups is 1. The largest absolute Gasteiger partial charge is 0.370 e. The van der Waals surface area contributed by atoms with Crippen LogP contribution >= 0.6 is 0 Å². The van der Waals surface area contributed by atoms with E-state index in [-0.39, 0.29) is 5.96 Å². The zero-order chi connectivity index (χ0) is 15.5. The van der Waals surface area contributed by atoms with E-state index in [1.54, 1.807) is 6.08 Å². The van der Waals surface area contributed by atoms with Gasteiger partial charge in [-0.3, -0.25) is 15.5 Å². The van der Waals surface area contributed by atoms with Gasteiger partial charge in [-0.1, -0.05) is 50.1 Å². The van der Waals surface area contributed by atoms with Crippen LogP contribution in [-0.2, 0) is 4.79 Å². The maximum Gasteiger partial charge on any atom is 0.250 e. The molecule has 0 aliphatic carbocycles. The monoisotopic (exact) mass is 285 g/mol. The summed E-state index contributed by atoms with van der Waals surface area (Å²) < 4.78 is 0. The van der Waals surface area contributed by atoms with E-state index in [9.17, 15) is 4.79 Å². The summed E-state index contributed by atoms with van der Waals surface area (Å²) in [6.07, 6.45) is 12.2. The lowest BCUT2D eigenvalue weighted by Crippen LogP contribution is -2.34. The van der Waals surface area contributed by atoms with Crippen LogP contribution in [0.15, 0.2) is 36.4 Å². The fourth-order valence-electron chi connectivity index (χ4n) is 1.84. The summed E-state index contributed by atoms with van der Waals surface area (Å²) in [6.45, 7) is 2.20. The molecule has 4 N–H and O–H groups in total. The molecule has 0 spiro atoms. The molecule has 4 heteroatoms. The summed E-state index contributed by atoms with van der Waals surface area (Å²) in [5.74, 6) is -0.753. The summed E-state index contributed by atoms with van der Waals surface area (Å²) in [5.41, 5.74) is 7.13. The second-order valence-electron chi connectivity index (χ2n) is 4.80. The molecule has 0 bridgehead atoms. The molecular formula is C17H23N3O. The highest BCUT2D eigenvalue weighted by atomic mass is 16.1. The van der Waals surface area contributed by atoms with Crippen LogP contribution in [0.4, 0.5) is 0 Å². The van der Waals surface area contributed by atoms with E-state index in [1.807, 2.05) is 24.3 Å². The summed E-state index contributed by atoms with van der Waals surface area (Å²) in [7, 11) is 0. The van der Waals surface area contributed by atoms with Crippen LogP contribution in [0.5, 0.6) is 0 Å². The normalized spacial score (nSPS) is 11.1. The van der Waals surface area contributed by atoms with E-state index in [2.05, 4.69) is 24.4 Å². The Hall–Kier alpha value is -2.36. The molecule has 0 saturated carbocycles. The van der Waals surface area contributed by atoms with Gasteiger partial charge in [0.1, 0.15) is 0 Å². The number of amides is 1. The molecule has 1 aromatic carbocycles. The smallest absolute Gasteiger partial charge is 0.250 e. The average Bonchev–Trinajstić information content (AvgIpc) is 2.45. The summed E-state index contributed by atoms with van der Waals surface area (Å²) >= 11 is 0. The molecule has 0 aromatic heterocycles. The van der Waals surface area contributed by atoms with E-state index in [4.69, 9.17) is 11.1 Å². The van der Waals surface area contributed by atoms with Crippen molar-refractivity contribution in [1.29, 1.82) is 5.41 Å². The third-order valence-electron chi connectivity index (χ3n) is 2.88. The van der Waals surface area contributed by atoms with E-state index in [1.165, 1.54) is 25.3 Å². The molecule has 1 aromatic rings. The Labute approximate surface area is 126 Å². The minimum atomic E-state index is -0.400. The number of rotatable bonds is 7. The molecular weight excluding hydrogens is 262 g/mol. The third-order valence-corrected chi connectivity index (χ3v) is 2.88. The van der Waals surface area contributed by atoms with E-state index in [0.717, 1.165) is 17.5 Å². The molecule has 1 rings (SSSR count). The first-order valence-electron chi connectivity index (χ1n) is 7.21. The lowest BCUT2D eigenvalue weighted by molar-refractivity contribution is -0.115. The zero-order valence-corrected chi connectivity index (χ0v) is 12.4. The number of allylic oxidation sites excluding steroid dienone is 1. The lowest BCUT2D eigenvalue weighted by atomic mass is 10.1. The Morgan fingerprint density at radius 1 is 1.29 bits per heavy atom. The van der Waals surface area contributed by atoms with Crippen LogP contribution in [0.2, 0.25) is 0 Å². The molecule has 1 amide bonds. The van der Waals surface area contributed by atoms with E-state index in [0.29, 0.717) is 0 Å². The number of nitrogens with two attached hydrogens (primary N) is 1. The van der Waals surface area contributed by atoms with Gasteiger partial charge < -0.3 is 5.73 Å². The number of carbonyl (C=O) groups excluding carboxylic acids is 1. The zero-order valence-electron chi connectivity index (χ0n) is 12.4. The Morgan fingerprint density at radius 2 is 2.00 bits per heavy atom. The summed E-state index contributed by atoms with van der Waals surface area (Å²) in [4.78, 5) is 11.4. The Kier molecular flexibility index (Phi) is 7.58. The SMILES string of the molecule is CCCCC/C=C/c1cccc(C=CC(=O)NC(=N)N)c1. The van der Waals surface area contributed by atoms with Gasteiger partial charge in [-0.15, -0.1) is 0 Å². The summed E-state index contributed by atoms with van der Waals surface area (Å²) in [6, 6.07) is 7.91. The van der Waals surface area contributed by atoms with Crippen molar-refractivity contribution in [3.05, 3.63) is 47.5 Å². The molecule has 0 saturated heterocycles. The van der Waals surface area contributed by atoms with Crippen molar-refractivity contribution in [2.75, 3.05) is 0 Å². The first kappa shape index (κ1) is 16.7. The fourth-order valence-corrected chi connectivity index (χ4v) is 1.84. The molecule has 0 unspecified atom stereocenters. The van der Waals surface area contributed by atoms with Crippen molar-refractivity contribution in [2.24, 2.45) is 5.73 Å². The minimum absolute atomic E-state index is 0.353. The van der Waals surface area contributed by atoms with Crippen LogP contribution < -0.4 is 11.1 Å². The second-order valence-corrected chi connectivity index (χ2v) is 4.80. The van der Waals surface area contributed by atoms with Gasteiger partial charge in [-0.05, 0) is 36.1 Å². The van der Waals surface area contributed by atoms with Gasteiger partial charge >= 0.3 is 0 Å². The topological polar surface area (TPSA) is 79.0 Å². The van der Waals surface area contributed by atoms with Crippen LogP contribution in [-0.4, -0.2) is 11.9 Å². The second kappa shape index (κ2) is 9.53. The first-order valence-corrected chi connectivity index (χ1v) is 7.21. The molecule has 112 valence electrons. The Morgan fingerprint density at radius 3 is 2.67 bits per heavy atom. The van der Waals surface area contributed by atoms with Crippen LogP contribution in [0.3, 0.4) is 0 Å². The van der Waals surface area contributed by atoms with Gasteiger partial charge in [0, 0.05) is 6.08 Å². The molecule has 0 atom stereocenters. The van der Waals surface area contributed by atoms with Crippen molar-refractivity contribution in [3.8, 4) is 0 Å². The Bertz CT molecular complexity index is 533. The predicted molar refractivity (Wildman–Crippen MR) is 88.7 cm³/mol. The van der Waals surface area contributed by atoms with Gasteiger partial charge in [0.25, 0.3) is 5.91 Å². The summed E-state index contributed by atoms with van der Waals surface area (Å²) in [5, 5.41) is 9.17. The average molecular weight is 285 g/mol. The minimum Gasteiger partial charge on any atom is -0.370 e. The van der Waals surface area contributed by atoms with Gasteiger partial charge in [0.15, 0.2) is 5.96 Å². The van der Waals surface area contributed by atoms with Crippen molar-refractivity contribution >= 4 is 24.0 Å². The number of hydrogen-bond acceptors (Lipinski definition) is 2. The molecule has 21 heavy (non-hydrogen) atoms. The quantitative estimate of drug-likeness (QED) is 0.311. The van der Waals surface area contributed by atoms with E-state index < -0.39 is 5.91 Å². The molecule has 0 heterocycles. The number of hydrogen-bond donors (Lipinski definition) is 3. The van der Waals surface area contributed by atoms with Gasteiger partial charge in [-0.2, -0.15) is 0 Å². The maximum absolute atomic E-state index is 11.4. The van der Waals surface area contributed by atoms with E-state index >= 15 is 0 Å². The molecule has 4 nitrogen and oxygen atoms in total. The van der Waals surface area contributed by atoms with Crippen LogP contribution in [0.25, 0.3) is 12.2 Å². The molecule has 0 radical (unpaired) electrons. The van der Waals surface area contributed by atoms with Crippen molar-refractivity contribution in [1.82, 2.24) is 5.32 Å². The predicted octanol–water partition coefficient (Wildman–Crippen LogP) is 3.30. The van der Waals surface area contributed by atoms with Gasteiger partial charge in [0.2, 0.25) is 0 Å². The molecule has 0 fully saturated rings. The number of unbranched alkanes of at least 4 members (excludes halogenated alkanes) is 3. The number of nitrogens with one attached hydrogen (secondary N) is 2. The van der Waals surface area contributed by atoms with Crippen molar-refractivity contribution in [3.63, 3.8) is 0 Å². The first-order chi connectivity index (χ1) is 10.1. The molecule has 0 aliphatic rings. The van der Waals surface area contributed by atoms with Crippen molar-refractivity contribution in [2.45, 2.75) is 32.6 Å². The number of carbonyl (C=O) groups is 1.